The molecule has 7 heteroatoms. The molecular formula is C21H25N3O4. The lowest BCUT2D eigenvalue weighted by molar-refractivity contribution is -0.133. The Morgan fingerprint density at radius 3 is 2.43 bits per heavy atom. The van der Waals surface area contributed by atoms with Crippen LogP contribution in [-0.2, 0) is 11.3 Å². The summed E-state index contributed by atoms with van der Waals surface area (Å²) in [5, 5.41) is 13.4. The topological polar surface area (TPSA) is 92.5 Å². The summed E-state index contributed by atoms with van der Waals surface area (Å²) >= 11 is 0. The zero-order valence-corrected chi connectivity index (χ0v) is 16.4. The fraction of sp³-hybridized carbons (Fsp3) is 0.429. The first-order chi connectivity index (χ1) is 13.3. The maximum absolute atomic E-state index is 12.8. The number of aromatic carboxylic acids is 1. The van der Waals surface area contributed by atoms with Crippen LogP contribution >= 0.6 is 0 Å². The van der Waals surface area contributed by atoms with Crippen LogP contribution in [0.3, 0.4) is 0 Å². The number of benzene rings is 1. The third kappa shape index (κ3) is 3.98. The second-order valence-corrected chi connectivity index (χ2v) is 7.37. The molecule has 28 heavy (non-hydrogen) atoms. The van der Waals surface area contributed by atoms with Crippen molar-refractivity contribution in [3.63, 3.8) is 0 Å². The second kappa shape index (κ2) is 7.96. The molecule has 1 saturated heterocycles. The van der Waals surface area contributed by atoms with Crippen LogP contribution in [0.25, 0.3) is 0 Å². The highest BCUT2D eigenvalue weighted by molar-refractivity contribution is 5.96. The summed E-state index contributed by atoms with van der Waals surface area (Å²) in [6.07, 6.45) is 1.86. The van der Waals surface area contributed by atoms with Gasteiger partial charge in [0.25, 0.3) is 0 Å². The van der Waals surface area contributed by atoms with Crippen molar-refractivity contribution in [2.75, 3.05) is 13.1 Å². The number of piperidine rings is 1. The molecule has 1 aromatic carbocycles. The Kier molecular flexibility index (Phi) is 5.63. The lowest BCUT2D eigenvalue weighted by Gasteiger charge is -2.33. The zero-order chi connectivity index (χ0) is 20.4. The summed E-state index contributed by atoms with van der Waals surface area (Å²) in [5.41, 5.74) is 3.26. The Labute approximate surface area is 164 Å². The first-order valence-electron chi connectivity index (χ1n) is 9.44. The van der Waals surface area contributed by atoms with Crippen molar-refractivity contribution in [1.82, 2.24) is 14.7 Å². The number of carboxylic acids is 1. The maximum Gasteiger partial charge on any atom is 0.335 e. The van der Waals surface area contributed by atoms with Crippen molar-refractivity contribution < 1.29 is 19.5 Å². The molecule has 0 saturated carbocycles. The number of rotatable bonds is 5. The van der Waals surface area contributed by atoms with Crippen LogP contribution < -0.4 is 0 Å². The van der Waals surface area contributed by atoms with Gasteiger partial charge in [-0.1, -0.05) is 12.1 Å². The molecular weight excluding hydrogens is 358 g/mol. The molecule has 1 atom stereocenters. The summed E-state index contributed by atoms with van der Waals surface area (Å²) in [4.78, 5) is 37.5. The molecule has 0 aliphatic carbocycles. The molecule has 1 amide bonds. The van der Waals surface area contributed by atoms with Gasteiger partial charge in [0.15, 0.2) is 5.78 Å². The minimum Gasteiger partial charge on any atom is -0.478 e. The predicted molar refractivity (Wildman–Crippen MR) is 104 cm³/mol. The van der Waals surface area contributed by atoms with E-state index < -0.39 is 5.97 Å². The van der Waals surface area contributed by atoms with Crippen LogP contribution in [0, 0.1) is 13.8 Å². The molecule has 3 rings (SSSR count). The molecule has 0 spiro atoms. The fourth-order valence-electron chi connectivity index (χ4n) is 3.96. The van der Waals surface area contributed by atoms with E-state index in [1.54, 1.807) is 23.7 Å². The van der Waals surface area contributed by atoms with Gasteiger partial charge in [0.1, 0.15) is 6.54 Å². The van der Waals surface area contributed by atoms with Crippen molar-refractivity contribution in [3.05, 3.63) is 52.3 Å². The van der Waals surface area contributed by atoms with Gasteiger partial charge in [-0.2, -0.15) is 5.10 Å². The third-order valence-electron chi connectivity index (χ3n) is 5.42. The number of hydrogen-bond donors (Lipinski definition) is 1. The SMILES string of the molecule is CC(=O)c1c(C)nn(CC(=O)N2CCC[C@H](c3ccc(C(=O)O)cc3)C2)c1C. The lowest BCUT2D eigenvalue weighted by Crippen LogP contribution is -2.41. The quantitative estimate of drug-likeness (QED) is 0.802. The number of hydrogen-bond acceptors (Lipinski definition) is 4. The van der Waals surface area contributed by atoms with E-state index in [1.807, 2.05) is 24.0 Å². The number of ketones is 1. The molecule has 1 aliphatic rings. The number of carbonyl (C=O) groups is 3. The van der Waals surface area contributed by atoms with E-state index in [4.69, 9.17) is 5.11 Å². The number of amides is 1. The lowest BCUT2D eigenvalue weighted by atomic mass is 9.90. The van der Waals surface area contributed by atoms with Gasteiger partial charge < -0.3 is 10.0 Å². The molecule has 1 aromatic heterocycles. The first-order valence-corrected chi connectivity index (χ1v) is 9.44. The van der Waals surface area contributed by atoms with E-state index in [0.29, 0.717) is 24.3 Å². The van der Waals surface area contributed by atoms with Gasteiger partial charge in [0, 0.05) is 24.7 Å². The Hall–Kier alpha value is -2.96. The van der Waals surface area contributed by atoms with Crippen LogP contribution in [0.5, 0.6) is 0 Å². The van der Waals surface area contributed by atoms with Gasteiger partial charge in [-0.3, -0.25) is 14.3 Å². The minimum atomic E-state index is -0.943. The molecule has 1 aliphatic heterocycles. The first kappa shape index (κ1) is 19.8. The largest absolute Gasteiger partial charge is 0.478 e. The average molecular weight is 383 g/mol. The van der Waals surface area contributed by atoms with Gasteiger partial charge in [0.2, 0.25) is 5.91 Å². The van der Waals surface area contributed by atoms with Crippen LogP contribution in [-0.4, -0.2) is 50.5 Å². The van der Waals surface area contributed by atoms with Crippen LogP contribution in [0.4, 0.5) is 0 Å². The van der Waals surface area contributed by atoms with E-state index in [1.165, 1.54) is 6.92 Å². The van der Waals surface area contributed by atoms with Crippen LogP contribution in [0.15, 0.2) is 24.3 Å². The number of carboxylic acid groups (broad SMARTS) is 1. The predicted octanol–water partition coefficient (Wildman–Crippen LogP) is 2.81. The van der Waals surface area contributed by atoms with E-state index in [2.05, 4.69) is 5.10 Å². The number of aromatic nitrogens is 2. The van der Waals surface area contributed by atoms with E-state index in [-0.39, 0.29) is 29.7 Å². The number of Topliss-reactive ketones (excluding diaryl/α,β-unsaturated/α-hetero) is 1. The molecule has 7 nitrogen and oxygen atoms in total. The standard InChI is InChI=1S/C21H25N3O4/c1-13-20(15(3)25)14(2)24(22-13)12-19(26)23-10-4-5-18(11-23)16-6-8-17(9-7-16)21(27)28/h6-9,18H,4-5,10-12H2,1-3H3,(H,27,28)/t18-/m0/s1. The number of likely N-dealkylation sites (tertiary alicyclic amines) is 1. The Morgan fingerprint density at radius 2 is 1.86 bits per heavy atom. The Bertz CT molecular complexity index is 914. The van der Waals surface area contributed by atoms with Crippen molar-refractivity contribution in [2.45, 2.75) is 46.1 Å². The maximum atomic E-state index is 12.8. The number of nitrogens with zero attached hydrogens (tertiary/aromatic N) is 3. The van der Waals surface area contributed by atoms with E-state index in [9.17, 15) is 14.4 Å². The highest BCUT2D eigenvalue weighted by Crippen LogP contribution is 2.27. The van der Waals surface area contributed by atoms with Crippen molar-refractivity contribution >= 4 is 17.7 Å². The summed E-state index contributed by atoms with van der Waals surface area (Å²) in [5.74, 6) is -0.820. The summed E-state index contributed by atoms with van der Waals surface area (Å²) in [6.45, 7) is 6.51. The Morgan fingerprint density at radius 1 is 1.18 bits per heavy atom. The minimum absolute atomic E-state index is 0.0208. The molecule has 2 heterocycles. The van der Waals surface area contributed by atoms with Gasteiger partial charge in [0.05, 0.1) is 16.8 Å². The van der Waals surface area contributed by atoms with E-state index in [0.717, 1.165) is 24.1 Å². The van der Waals surface area contributed by atoms with Gasteiger partial charge in [-0.25, -0.2) is 4.79 Å². The molecule has 1 fully saturated rings. The highest BCUT2D eigenvalue weighted by Gasteiger charge is 2.26. The van der Waals surface area contributed by atoms with E-state index >= 15 is 0 Å². The van der Waals surface area contributed by atoms with Gasteiger partial charge >= 0.3 is 5.97 Å². The van der Waals surface area contributed by atoms with Crippen LogP contribution in [0.1, 0.15) is 63.4 Å². The number of carbonyl (C=O) groups excluding carboxylic acids is 2. The molecule has 1 N–H and O–H groups in total. The van der Waals surface area contributed by atoms with Gasteiger partial charge in [-0.15, -0.1) is 0 Å². The molecule has 0 bridgehead atoms. The third-order valence-corrected chi connectivity index (χ3v) is 5.42. The molecule has 148 valence electrons. The van der Waals surface area contributed by atoms with Gasteiger partial charge in [-0.05, 0) is 51.3 Å². The normalized spacial score (nSPS) is 16.8. The monoisotopic (exact) mass is 383 g/mol. The molecule has 0 unspecified atom stereocenters. The molecule has 2 aromatic rings. The Balaban J connectivity index is 1.70. The summed E-state index contributed by atoms with van der Waals surface area (Å²) < 4.78 is 1.61. The fourth-order valence-corrected chi connectivity index (χ4v) is 3.96. The smallest absolute Gasteiger partial charge is 0.335 e. The summed E-state index contributed by atoms with van der Waals surface area (Å²) in [6, 6.07) is 6.89. The van der Waals surface area contributed by atoms with Crippen molar-refractivity contribution in [1.29, 1.82) is 0 Å². The second-order valence-electron chi connectivity index (χ2n) is 7.37. The van der Waals surface area contributed by atoms with Crippen molar-refractivity contribution in [2.24, 2.45) is 0 Å². The zero-order valence-electron chi connectivity index (χ0n) is 16.4. The van der Waals surface area contributed by atoms with Crippen molar-refractivity contribution in [3.8, 4) is 0 Å². The van der Waals surface area contributed by atoms with Crippen LogP contribution in [0.2, 0.25) is 0 Å². The average Bonchev–Trinajstić information content (AvgIpc) is 2.95. The number of aryl methyl sites for hydroxylation is 1. The molecule has 0 radical (unpaired) electrons. The summed E-state index contributed by atoms with van der Waals surface area (Å²) in [7, 11) is 0. The highest BCUT2D eigenvalue weighted by atomic mass is 16.4.